The number of benzene rings is 3. The van der Waals surface area contributed by atoms with Crippen molar-refractivity contribution in [3.05, 3.63) is 98.7 Å². The summed E-state index contributed by atoms with van der Waals surface area (Å²) in [5.74, 6) is 0. The van der Waals surface area contributed by atoms with Gasteiger partial charge in [0.25, 0.3) is 0 Å². The van der Waals surface area contributed by atoms with Crippen molar-refractivity contribution in [1.82, 2.24) is 0 Å². The maximum absolute atomic E-state index is 2.67. The second-order valence-electron chi connectivity index (χ2n) is 12.0. The van der Waals surface area contributed by atoms with Crippen LogP contribution in [0.25, 0.3) is 28.0 Å². The van der Waals surface area contributed by atoms with Crippen LogP contribution in [0, 0.1) is 0 Å². The number of allylic oxidation sites excluding steroid dienone is 5. The number of rotatable bonds is 3. The first-order chi connectivity index (χ1) is 16.7. The van der Waals surface area contributed by atoms with Gasteiger partial charge in [0, 0.05) is 43.3 Å². The molecule has 0 saturated carbocycles. The molecule has 0 spiro atoms. The van der Waals surface area contributed by atoms with Crippen molar-refractivity contribution in [3.63, 3.8) is 0 Å². The van der Waals surface area contributed by atoms with Crippen molar-refractivity contribution in [2.24, 2.45) is 0 Å². The van der Waals surface area contributed by atoms with Crippen LogP contribution in [0.4, 0.5) is 0 Å². The van der Waals surface area contributed by atoms with Gasteiger partial charge in [-0.25, -0.2) is 0 Å². The normalized spacial score (nSPS) is 19.1. The summed E-state index contributed by atoms with van der Waals surface area (Å²) in [6.45, 7) is 17.3. The first kappa shape index (κ1) is 28.6. The Morgan fingerprint density at radius 1 is 0.757 bits per heavy atom. The first-order valence-electron chi connectivity index (χ1n) is 13.4. The van der Waals surface area contributed by atoms with Crippen LogP contribution in [0.1, 0.15) is 68.8 Å². The molecule has 0 heterocycles. The Balaban J connectivity index is 0.00000160. The minimum Gasteiger partial charge on any atom is -0.0679 e. The molecular formula is C34H38Li2Si. The number of hydrogen-bond acceptors (Lipinski definition) is 0. The molecule has 0 bridgehead atoms. The van der Waals surface area contributed by atoms with Gasteiger partial charge in [-0.05, 0) is 115 Å². The minimum absolute atomic E-state index is 0. The van der Waals surface area contributed by atoms with Crippen LogP contribution in [0.2, 0.25) is 18.6 Å². The largest absolute Gasteiger partial charge is 0.0717 e. The van der Waals surface area contributed by atoms with E-state index in [0.717, 1.165) is 0 Å². The van der Waals surface area contributed by atoms with Crippen LogP contribution in [0.5, 0.6) is 0 Å². The smallest absolute Gasteiger partial charge is 0.0679 e. The Kier molecular flexibility index (Phi) is 7.92. The summed E-state index contributed by atoms with van der Waals surface area (Å²) in [6.07, 6.45) is 6.31. The molecule has 1 unspecified atom stereocenters. The predicted octanol–water partition coefficient (Wildman–Crippen LogP) is 9.04. The van der Waals surface area contributed by atoms with E-state index in [4.69, 9.17) is 0 Å². The zero-order valence-electron chi connectivity index (χ0n) is 24.5. The van der Waals surface area contributed by atoms with Gasteiger partial charge in [-0.15, -0.1) is 0 Å². The third kappa shape index (κ3) is 4.18. The zero-order valence-corrected chi connectivity index (χ0v) is 25.5. The fourth-order valence-electron chi connectivity index (χ4n) is 8.11. The number of fused-ring (bicyclic) bond motifs is 3. The predicted molar refractivity (Wildman–Crippen MR) is 167 cm³/mol. The van der Waals surface area contributed by atoms with Crippen LogP contribution in [-0.4, -0.2) is 45.8 Å². The Hall–Kier alpha value is -1.45. The molecule has 0 nitrogen and oxygen atoms in total. The third-order valence-electron chi connectivity index (χ3n) is 9.77. The van der Waals surface area contributed by atoms with E-state index in [0.29, 0.717) is 11.1 Å². The van der Waals surface area contributed by atoms with Gasteiger partial charge in [0.2, 0.25) is 0 Å². The molecule has 0 fully saturated rings. The molecular weight excluding hydrogens is 450 g/mol. The second kappa shape index (κ2) is 10.3. The van der Waals surface area contributed by atoms with E-state index in [9.17, 15) is 0 Å². The molecule has 0 amide bonds. The molecule has 1 atom stereocenters. The zero-order chi connectivity index (χ0) is 24.6. The van der Waals surface area contributed by atoms with E-state index in [2.05, 4.69) is 102 Å². The Bertz CT molecular complexity index is 1470. The van der Waals surface area contributed by atoms with Crippen molar-refractivity contribution >= 4 is 62.6 Å². The van der Waals surface area contributed by atoms with E-state index in [1.807, 2.05) is 0 Å². The van der Waals surface area contributed by atoms with Gasteiger partial charge in [-0.2, -0.15) is 0 Å². The van der Waals surface area contributed by atoms with E-state index in [-0.39, 0.29) is 37.7 Å². The van der Waals surface area contributed by atoms with Gasteiger partial charge in [0.05, 0.1) is 8.07 Å². The van der Waals surface area contributed by atoms with Crippen molar-refractivity contribution in [2.75, 3.05) is 0 Å². The summed E-state index contributed by atoms with van der Waals surface area (Å²) < 4.78 is 0. The monoisotopic (exact) mass is 488 g/mol. The summed E-state index contributed by atoms with van der Waals surface area (Å²) in [5.41, 5.74) is 18.5. The molecule has 37 heavy (non-hydrogen) atoms. The minimum atomic E-state index is -1.76. The number of hydrogen-bond donors (Lipinski definition) is 0. The third-order valence-corrected chi connectivity index (χ3v) is 14.4. The molecule has 3 heteroatoms. The van der Waals surface area contributed by atoms with E-state index in [1.165, 1.54) is 46.7 Å². The van der Waals surface area contributed by atoms with Crippen LogP contribution in [-0.2, 0) is 12.8 Å². The van der Waals surface area contributed by atoms with Crippen molar-refractivity contribution in [1.29, 1.82) is 0 Å². The van der Waals surface area contributed by atoms with Gasteiger partial charge >= 0.3 is 0 Å². The van der Waals surface area contributed by atoms with Crippen molar-refractivity contribution in [3.8, 4) is 11.1 Å². The Labute approximate surface area is 249 Å². The average molecular weight is 489 g/mol. The summed E-state index contributed by atoms with van der Waals surface area (Å²) >= 11 is 0. The second-order valence-corrected chi connectivity index (χ2v) is 16.8. The fraction of sp³-hybridized carbons (Fsp3) is 0.353. The van der Waals surface area contributed by atoms with Crippen molar-refractivity contribution < 1.29 is 0 Å². The molecule has 6 rings (SSSR count). The summed E-state index contributed by atoms with van der Waals surface area (Å²) in [5, 5.41) is 2.74. The van der Waals surface area contributed by atoms with Crippen LogP contribution in [0.3, 0.4) is 0 Å². The summed E-state index contributed by atoms with van der Waals surface area (Å²) in [6, 6.07) is 18.5. The number of aryl methyl sites for hydroxylation is 1. The van der Waals surface area contributed by atoms with E-state index in [1.54, 1.807) is 44.6 Å². The van der Waals surface area contributed by atoms with E-state index < -0.39 is 8.07 Å². The van der Waals surface area contributed by atoms with Crippen molar-refractivity contribution in [2.45, 2.75) is 78.1 Å². The van der Waals surface area contributed by atoms with Crippen LogP contribution in [0.15, 0.2) is 76.4 Å². The molecule has 3 aromatic carbocycles. The molecule has 2 radical (unpaired) electrons. The molecule has 0 aromatic heterocycles. The summed E-state index contributed by atoms with van der Waals surface area (Å²) in [4.78, 5) is 0. The molecule has 3 aromatic rings. The van der Waals surface area contributed by atoms with Gasteiger partial charge in [-0.1, -0.05) is 84.4 Å². The summed E-state index contributed by atoms with van der Waals surface area (Å²) in [7, 11) is -1.76. The van der Waals surface area contributed by atoms with Gasteiger partial charge < -0.3 is 0 Å². The molecule has 180 valence electrons. The van der Waals surface area contributed by atoms with Gasteiger partial charge in [-0.3, -0.25) is 0 Å². The molecule has 3 aliphatic carbocycles. The molecule has 0 saturated heterocycles. The van der Waals surface area contributed by atoms with Crippen LogP contribution < -0.4 is 0 Å². The molecule has 3 aliphatic rings. The van der Waals surface area contributed by atoms with Gasteiger partial charge in [0.15, 0.2) is 0 Å². The topological polar surface area (TPSA) is 0 Å². The quantitative estimate of drug-likeness (QED) is 0.323. The Morgan fingerprint density at radius 3 is 2.11 bits per heavy atom. The first-order valence-corrected chi connectivity index (χ1v) is 16.6. The molecule has 0 aliphatic heterocycles. The average Bonchev–Trinajstić information content (AvgIpc) is 3.49. The maximum atomic E-state index is 2.67. The maximum Gasteiger partial charge on any atom is 0.0717 e. The SMILES string of the molecule is CC1=Cc2c(cc3c(c2-c2cccc4ccccc24)CCC3)C1[Si](C)(C)C1C(C)=C(C)C(C)=C1C.[Li].[Li]. The van der Waals surface area contributed by atoms with E-state index >= 15 is 0 Å². The standard InChI is InChI=1S/C34H38Si.2Li/c1-20-18-30-31(33(20)35(6,7)34-23(4)21(2)22(3)24(34)5)19-26-14-11-16-28(26)32(30)29-17-10-13-25-12-8-9-15-27(25)29;;/h8-10,12-13,15,17-19,33-34H,11,14,16H2,1-7H3;;. The molecule has 0 N–H and O–H groups in total. The van der Waals surface area contributed by atoms with Gasteiger partial charge in [0.1, 0.15) is 0 Å². The van der Waals surface area contributed by atoms with Crippen LogP contribution >= 0.6 is 0 Å². The fourth-order valence-corrected chi connectivity index (χ4v) is 13.4. The Morgan fingerprint density at radius 2 is 1.41 bits per heavy atom.